The van der Waals surface area contributed by atoms with Crippen molar-refractivity contribution in [3.8, 4) is 10.8 Å². The fraction of sp³-hybridized carbons (Fsp3) is 0.400. The number of aryl methyl sites for hydroxylation is 2. The number of carbonyl (C=O) groups excluding carboxylic acids is 1. The van der Waals surface area contributed by atoms with Gasteiger partial charge in [0, 0.05) is 29.1 Å². The third kappa shape index (κ3) is 4.70. The SMILES string of the molecule is Cc1sc2c(c1C)C(c1ccc(OC3CC4(CCN(C(=N)/C=C\C(=N)C=O)CC4)C3)cc1)=NCc1nnc(C)n1-2. The second-order valence-electron chi connectivity index (χ2n) is 11.1. The zero-order chi connectivity index (χ0) is 28.0. The minimum absolute atomic E-state index is 0.116. The maximum absolute atomic E-state index is 10.6. The first kappa shape index (κ1) is 26.3. The van der Waals surface area contributed by atoms with Crippen molar-refractivity contribution < 1.29 is 9.53 Å². The number of rotatable bonds is 6. The van der Waals surface area contributed by atoms with E-state index in [0.29, 0.717) is 18.7 Å². The molecule has 1 aliphatic carbocycles. The van der Waals surface area contributed by atoms with Crippen LogP contribution in [0.5, 0.6) is 5.75 Å². The number of ether oxygens (including phenoxy) is 1. The molecule has 2 aromatic heterocycles. The summed E-state index contributed by atoms with van der Waals surface area (Å²) in [6.45, 7) is 8.44. The van der Waals surface area contributed by atoms with Crippen LogP contribution in [0.2, 0.25) is 0 Å². The lowest BCUT2D eigenvalue weighted by Gasteiger charge is -2.52. The van der Waals surface area contributed by atoms with Crippen LogP contribution in [0.1, 0.15) is 58.9 Å². The first-order valence-electron chi connectivity index (χ1n) is 13.7. The van der Waals surface area contributed by atoms with Gasteiger partial charge in [0.2, 0.25) is 0 Å². The van der Waals surface area contributed by atoms with E-state index in [1.54, 1.807) is 17.4 Å². The number of thiophene rings is 1. The number of amidine groups is 1. The van der Waals surface area contributed by atoms with Gasteiger partial charge in [0.05, 0.1) is 17.5 Å². The van der Waals surface area contributed by atoms with Crippen LogP contribution in [0, 0.1) is 37.0 Å². The van der Waals surface area contributed by atoms with E-state index in [1.807, 2.05) is 11.8 Å². The summed E-state index contributed by atoms with van der Waals surface area (Å²) in [5.41, 5.74) is 4.65. The number of hydrogen-bond donors (Lipinski definition) is 2. The van der Waals surface area contributed by atoms with Gasteiger partial charge in [0.1, 0.15) is 29.0 Å². The van der Waals surface area contributed by atoms with Crippen molar-refractivity contribution in [2.45, 2.75) is 59.1 Å². The Morgan fingerprint density at radius 2 is 1.80 bits per heavy atom. The van der Waals surface area contributed by atoms with E-state index >= 15 is 0 Å². The largest absolute Gasteiger partial charge is 0.490 e. The summed E-state index contributed by atoms with van der Waals surface area (Å²) in [5, 5.41) is 25.4. The van der Waals surface area contributed by atoms with Gasteiger partial charge in [-0.15, -0.1) is 21.5 Å². The van der Waals surface area contributed by atoms with Crippen LogP contribution >= 0.6 is 11.3 Å². The van der Waals surface area contributed by atoms with Crippen LogP contribution in [-0.2, 0) is 11.3 Å². The van der Waals surface area contributed by atoms with Crippen molar-refractivity contribution >= 4 is 34.9 Å². The second kappa shape index (κ2) is 10.2. The molecule has 0 radical (unpaired) electrons. The Balaban J connectivity index is 1.09. The van der Waals surface area contributed by atoms with Crippen molar-refractivity contribution in [3.05, 3.63) is 69.6 Å². The quantitative estimate of drug-likeness (QED) is 0.253. The highest BCUT2D eigenvalue weighted by Crippen LogP contribution is 2.50. The number of aldehydes is 1. The lowest BCUT2D eigenvalue weighted by Crippen LogP contribution is -2.51. The standard InChI is InChI=1S/C30H33N7O2S/c1-18-19(2)40-29-27(18)28(33-16-26-35-34-20(3)37(26)29)21-4-7-23(8-5-21)39-24-14-30(15-24)10-12-36(13-11-30)25(32)9-6-22(31)17-38/h4-9,17,24,31-32H,10-16H2,1-3H3/b9-6-,31-22?,32-25?. The second-order valence-corrected chi connectivity index (χ2v) is 12.3. The highest BCUT2D eigenvalue weighted by atomic mass is 32.1. The maximum Gasteiger partial charge on any atom is 0.167 e. The first-order chi connectivity index (χ1) is 19.3. The number of aromatic nitrogens is 3. The zero-order valence-electron chi connectivity index (χ0n) is 23.0. The number of nitrogens with one attached hydrogen (secondary N) is 2. The van der Waals surface area contributed by atoms with E-state index in [9.17, 15) is 4.79 Å². The summed E-state index contributed by atoms with van der Waals surface area (Å²) in [5.74, 6) is 2.99. The average molecular weight is 556 g/mol. The molecule has 10 heteroatoms. The Labute approximate surface area is 237 Å². The van der Waals surface area contributed by atoms with Gasteiger partial charge in [-0.2, -0.15) is 0 Å². The summed E-state index contributed by atoms with van der Waals surface area (Å²) in [6, 6.07) is 8.33. The molecule has 3 aromatic rings. The topological polar surface area (TPSA) is 120 Å². The van der Waals surface area contributed by atoms with Gasteiger partial charge in [-0.25, -0.2) is 0 Å². The van der Waals surface area contributed by atoms with Gasteiger partial charge in [-0.3, -0.25) is 25.2 Å². The molecule has 0 bridgehead atoms. The molecule has 2 aliphatic heterocycles. The predicted octanol–water partition coefficient (Wildman–Crippen LogP) is 4.98. The lowest BCUT2D eigenvalue weighted by molar-refractivity contribution is -0.102. The summed E-state index contributed by atoms with van der Waals surface area (Å²) in [6.07, 6.45) is 7.74. The highest BCUT2D eigenvalue weighted by Gasteiger charge is 2.47. The van der Waals surface area contributed by atoms with Gasteiger partial charge < -0.3 is 9.64 Å². The van der Waals surface area contributed by atoms with Gasteiger partial charge in [-0.05, 0) is 93.9 Å². The molecule has 1 spiro atoms. The van der Waals surface area contributed by atoms with E-state index in [0.717, 1.165) is 78.0 Å². The van der Waals surface area contributed by atoms with E-state index in [1.165, 1.54) is 16.5 Å². The van der Waals surface area contributed by atoms with E-state index in [-0.39, 0.29) is 17.2 Å². The molecule has 2 fully saturated rings. The van der Waals surface area contributed by atoms with Crippen LogP contribution < -0.4 is 4.74 Å². The predicted molar refractivity (Wildman–Crippen MR) is 157 cm³/mol. The Kier molecular flexibility index (Phi) is 6.74. The Morgan fingerprint density at radius 1 is 1.07 bits per heavy atom. The highest BCUT2D eigenvalue weighted by molar-refractivity contribution is 7.15. The van der Waals surface area contributed by atoms with Crippen LogP contribution in [0.3, 0.4) is 0 Å². The van der Waals surface area contributed by atoms with Crippen LogP contribution in [-0.4, -0.2) is 62.4 Å². The fourth-order valence-corrected chi connectivity index (χ4v) is 7.33. The molecular formula is C30H33N7O2S. The number of likely N-dealkylation sites (tertiary alicyclic amines) is 1. The molecule has 206 valence electrons. The molecule has 1 aromatic carbocycles. The average Bonchev–Trinajstić information content (AvgIpc) is 3.39. The number of nitrogens with zero attached hydrogens (tertiary/aromatic N) is 5. The van der Waals surface area contributed by atoms with Gasteiger partial charge in [0.25, 0.3) is 0 Å². The summed E-state index contributed by atoms with van der Waals surface area (Å²) in [7, 11) is 0. The summed E-state index contributed by atoms with van der Waals surface area (Å²) < 4.78 is 8.51. The molecule has 1 saturated heterocycles. The molecule has 0 atom stereocenters. The van der Waals surface area contributed by atoms with Crippen molar-refractivity contribution in [2.24, 2.45) is 10.4 Å². The van der Waals surface area contributed by atoms with Gasteiger partial charge in [-0.1, -0.05) is 0 Å². The number of hydrogen-bond acceptors (Lipinski definition) is 8. The smallest absolute Gasteiger partial charge is 0.167 e. The number of piperidine rings is 1. The number of fused-ring (bicyclic) bond motifs is 3. The molecule has 40 heavy (non-hydrogen) atoms. The third-order valence-corrected chi connectivity index (χ3v) is 9.73. The Morgan fingerprint density at radius 3 is 2.50 bits per heavy atom. The molecule has 3 aliphatic rings. The summed E-state index contributed by atoms with van der Waals surface area (Å²) in [4.78, 5) is 18.9. The molecule has 4 heterocycles. The molecule has 9 nitrogen and oxygen atoms in total. The number of aliphatic imine (C=N–C) groups is 1. The minimum atomic E-state index is -0.116. The molecule has 0 amide bonds. The van der Waals surface area contributed by atoms with Crippen LogP contribution in [0.4, 0.5) is 0 Å². The normalized spacial score (nSPS) is 18.1. The summed E-state index contributed by atoms with van der Waals surface area (Å²) >= 11 is 1.77. The Bertz CT molecular complexity index is 1550. The fourth-order valence-electron chi connectivity index (χ4n) is 6.10. The third-order valence-electron chi connectivity index (χ3n) is 8.54. The van der Waals surface area contributed by atoms with Crippen LogP contribution in [0.25, 0.3) is 5.00 Å². The molecule has 0 unspecified atom stereocenters. The van der Waals surface area contributed by atoms with Crippen molar-refractivity contribution in [1.29, 1.82) is 10.8 Å². The van der Waals surface area contributed by atoms with Crippen molar-refractivity contribution in [2.75, 3.05) is 13.1 Å². The van der Waals surface area contributed by atoms with Gasteiger partial charge >= 0.3 is 0 Å². The zero-order valence-corrected chi connectivity index (χ0v) is 23.8. The van der Waals surface area contributed by atoms with Crippen LogP contribution in [0.15, 0.2) is 41.4 Å². The number of carbonyl (C=O) groups is 1. The van der Waals surface area contributed by atoms with E-state index in [4.69, 9.17) is 20.5 Å². The van der Waals surface area contributed by atoms with Crippen molar-refractivity contribution in [3.63, 3.8) is 0 Å². The lowest BCUT2D eigenvalue weighted by atomic mass is 9.61. The van der Waals surface area contributed by atoms with E-state index < -0.39 is 0 Å². The first-order valence-corrected chi connectivity index (χ1v) is 14.5. The molecule has 6 rings (SSSR count). The maximum atomic E-state index is 10.6. The number of benzene rings is 1. The Hall–Kier alpha value is -3.92. The molecule has 1 saturated carbocycles. The molecule has 2 N–H and O–H groups in total. The number of allylic oxidation sites excluding steroid dienone is 1. The van der Waals surface area contributed by atoms with E-state index in [2.05, 4.69) is 52.9 Å². The van der Waals surface area contributed by atoms with Crippen molar-refractivity contribution in [1.82, 2.24) is 19.7 Å². The van der Waals surface area contributed by atoms with Gasteiger partial charge in [0.15, 0.2) is 12.1 Å². The minimum Gasteiger partial charge on any atom is -0.490 e. The molecular weight excluding hydrogens is 522 g/mol. The monoisotopic (exact) mass is 555 g/mol.